The van der Waals surface area contributed by atoms with Crippen molar-refractivity contribution in [2.75, 3.05) is 6.61 Å². The lowest BCUT2D eigenvalue weighted by molar-refractivity contribution is -0.170. The van der Waals surface area contributed by atoms with Crippen molar-refractivity contribution in [2.24, 2.45) is 0 Å². The molecule has 7 nitrogen and oxygen atoms in total. The van der Waals surface area contributed by atoms with Gasteiger partial charge in [0.1, 0.15) is 6.61 Å². The van der Waals surface area contributed by atoms with Gasteiger partial charge >= 0.3 is 11.9 Å². The predicted molar refractivity (Wildman–Crippen MR) is 70.7 cm³/mol. The average molecular weight is 350 g/mol. The van der Waals surface area contributed by atoms with Gasteiger partial charge in [0.15, 0.2) is 12.2 Å². The molecule has 0 bridgehead atoms. The van der Waals surface area contributed by atoms with E-state index >= 15 is 0 Å². The van der Waals surface area contributed by atoms with Crippen LogP contribution in [-0.2, 0) is 28.6 Å². The Balaban J connectivity index is 4.96. The van der Waals surface area contributed by atoms with Crippen molar-refractivity contribution in [3.8, 4) is 6.07 Å². The molecule has 0 aromatic rings. The first kappa shape index (κ1) is 18.4. The van der Waals surface area contributed by atoms with E-state index in [1.807, 2.05) is 6.07 Å². The molecule has 0 aliphatic rings. The standard InChI is InChI=1S/C12H16BrNO6/c1-8(16)19-11(6-18-7-15)12(20-9(2)17)10(13)4-3-5-14/h7,10-12H,3-4,6H2,1-2H3/t10-,11+,12-/m1/s1. The van der Waals surface area contributed by atoms with E-state index in [0.29, 0.717) is 6.42 Å². The molecule has 0 N–H and O–H groups in total. The molecule has 0 heterocycles. The number of nitriles is 1. The Bertz CT molecular complexity index is 381. The van der Waals surface area contributed by atoms with Crippen LogP contribution in [-0.4, -0.2) is 42.1 Å². The van der Waals surface area contributed by atoms with E-state index in [1.54, 1.807) is 0 Å². The van der Waals surface area contributed by atoms with Crippen LogP contribution < -0.4 is 0 Å². The molecule has 0 saturated carbocycles. The van der Waals surface area contributed by atoms with Gasteiger partial charge in [-0.15, -0.1) is 0 Å². The molecule has 0 amide bonds. The highest BCUT2D eigenvalue weighted by molar-refractivity contribution is 9.09. The fourth-order valence-electron chi connectivity index (χ4n) is 1.48. The van der Waals surface area contributed by atoms with Gasteiger partial charge in [-0.1, -0.05) is 15.9 Å². The normalized spacial score (nSPS) is 14.3. The summed E-state index contributed by atoms with van der Waals surface area (Å²) in [6.07, 6.45) is -1.18. The number of halogens is 1. The number of nitrogens with zero attached hydrogens (tertiary/aromatic N) is 1. The van der Waals surface area contributed by atoms with Gasteiger partial charge in [0.25, 0.3) is 6.47 Å². The van der Waals surface area contributed by atoms with Crippen LogP contribution in [0.25, 0.3) is 0 Å². The molecule has 8 heteroatoms. The lowest BCUT2D eigenvalue weighted by atomic mass is 10.1. The van der Waals surface area contributed by atoms with Gasteiger partial charge in [0, 0.05) is 20.3 Å². The highest BCUT2D eigenvalue weighted by Gasteiger charge is 2.33. The zero-order chi connectivity index (χ0) is 15.5. The van der Waals surface area contributed by atoms with Gasteiger partial charge in [-0.3, -0.25) is 14.4 Å². The molecule has 0 aliphatic carbocycles. The van der Waals surface area contributed by atoms with Crippen LogP contribution in [0.5, 0.6) is 0 Å². The largest absolute Gasteiger partial charge is 0.464 e. The van der Waals surface area contributed by atoms with Gasteiger partial charge in [0.2, 0.25) is 0 Å². The number of carbonyl (C=O) groups is 3. The number of alkyl halides is 1. The van der Waals surface area contributed by atoms with Crippen LogP contribution in [0.1, 0.15) is 26.7 Å². The van der Waals surface area contributed by atoms with Gasteiger partial charge in [0.05, 0.1) is 10.9 Å². The highest BCUT2D eigenvalue weighted by Crippen LogP contribution is 2.21. The van der Waals surface area contributed by atoms with Gasteiger partial charge < -0.3 is 14.2 Å². The number of rotatable bonds is 9. The van der Waals surface area contributed by atoms with Crippen molar-refractivity contribution >= 4 is 34.3 Å². The van der Waals surface area contributed by atoms with Gasteiger partial charge in [-0.2, -0.15) is 5.26 Å². The number of hydrogen-bond acceptors (Lipinski definition) is 7. The maximum absolute atomic E-state index is 11.1. The predicted octanol–water partition coefficient (Wildman–Crippen LogP) is 1.09. The second-order valence-corrected chi connectivity index (χ2v) is 5.04. The summed E-state index contributed by atoms with van der Waals surface area (Å²) in [6, 6.07) is 1.96. The second-order valence-electron chi connectivity index (χ2n) is 3.86. The summed E-state index contributed by atoms with van der Waals surface area (Å²) in [6.45, 7) is 2.37. The molecule has 0 aromatic heterocycles. The molecule has 0 saturated heterocycles. The second kappa shape index (κ2) is 10.2. The van der Waals surface area contributed by atoms with Crippen molar-refractivity contribution < 1.29 is 28.6 Å². The van der Waals surface area contributed by atoms with Crippen LogP contribution in [0, 0.1) is 11.3 Å². The first-order chi connectivity index (χ1) is 9.42. The molecule has 0 fully saturated rings. The van der Waals surface area contributed by atoms with Crippen LogP contribution >= 0.6 is 15.9 Å². The zero-order valence-corrected chi connectivity index (χ0v) is 12.8. The average Bonchev–Trinajstić information content (AvgIpc) is 2.37. The summed E-state index contributed by atoms with van der Waals surface area (Å²) in [5, 5.41) is 8.57. The number of carbonyl (C=O) groups excluding carboxylic acids is 3. The summed E-state index contributed by atoms with van der Waals surface area (Å²) >= 11 is 3.29. The fourth-order valence-corrected chi connectivity index (χ4v) is 2.16. The van der Waals surface area contributed by atoms with Crippen LogP contribution in [0.2, 0.25) is 0 Å². The number of ether oxygens (including phenoxy) is 3. The molecular weight excluding hydrogens is 334 g/mol. The summed E-state index contributed by atoms with van der Waals surface area (Å²) in [5.74, 6) is -1.17. The maximum atomic E-state index is 11.1. The van der Waals surface area contributed by atoms with Gasteiger partial charge in [-0.25, -0.2) is 0 Å². The fraction of sp³-hybridized carbons (Fsp3) is 0.667. The highest BCUT2D eigenvalue weighted by atomic mass is 79.9. The third-order valence-corrected chi connectivity index (χ3v) is 3.18. The minimum Gasteiger partial charge on any atom is -0.464 e. The zero-order valence-electron chi connectivity index (χ0n) is 11.2. The molecule has 0 aliphatic heterocycles. The Morgan fingerprint density at radius 1 is 1.30 bits per heavy atom. The van der Waals surface area contributed by atoms with E-state index in [1.165, 1.54) is 13.8 Å². The lowest BCUT2D eigenvalue weighted by Gasteiger charge is -2.28. The molecule has 112 valence electrons. The Hall–Kier alpha value is -1.62. The van der Waals surface area contributed by atoms with Gasteiger partial charge in [-0.05, 0) is 6.42 Å². The minimum absolute atomic E-state index is 0.208. The van der Waals surface area contributed by atoms with Crippen LogP contribution in [0.3, 0.4) is 0 Å². The molecular formula is C12H16BrNO6. The molecule has 0 spiro atoms. The lowest BCUT2D eigenvalue weighted by Crippen LogP contribution is -2.43. The summed E-state index contributed by atoms with van der Waals surface area (Å²) in [7, 11) is 0. The topological polar surface area (TPSA) is 103 Å². The minimum atomic E-state index is -0.940. The van der Waals surface area contributed by atoms with Crippen molar-refractivity contribution in [1.29, 1.82) is 5.26 Å². The quantitative estimate of drug-likeness (QED) is 0.265. The SMILES string of the molecule is CC(=O)O[C@H]([C@H](Br)CCC#N)[C@H](COC=O)OC(C)=O. The molecule has 0 radical (unpaired) electrons. The third kappa shape index (κ3) is 7.74. The van der Waals surface area contributed by atoms with Crippen molar-refractivity contribution in [3.05, 3.63) is 0 Å². The van der Waals surface area contributed by atoms with E-state index in [4.69, 9.17) is 14.7 Å². The molecule has 0 unspecified atom stereocenters. The maximum Gasteiger partial charge on any atom is 0.303 e. The van der Waals surface area contributed by atoms with E-state index < -0.39 is 29.0 Å². The molecule has 20 heavy (non-hydrogen) atoms. The van der Waals surface area contributed by atoms with E-state index in [0.717, 1.165) is 0 Å². The Labute approximate surface area is 125 Å². The van der Waals surface area contributed by atoms with Crippen LogP contribution in [0.15, 0.2) is 0 Å². The number of hydrogen-bond donors (Lipinski definition) is 0. The third-order valence-electron chi connectivity index (χ3n) is 2.20. The smallest absolute Gasteiger partial charge is 0.303 e. The monoisotopic (exact) mass is 349 g/mol. The van der Waals surface area contributed by atoms with E-state index in [9.17, 15) is 14.4 Å². The van der Waals surface area contributed by atoms with Crippen LogP contribution in [0.4, 0.5) is 0 Å². The van der Waals surface area contributed by atoms with Crippen molar-refractivity contribution in [2.45, 2.75) is 43.7 Å². The first-order valence-electron chi connectivity index (χ1n) is 5.83. The van der Waals surface area contributed by atoms with E-state index in [2.05, 4.69) is 20.7 Å². The van der Waals surface area contributed by atoms with Crippen molar-refractivity contribution in [1.82, 2.24) is 0 Å². The molecule has 0 rings (SSSR count). The molecule has 0 aromatic carbocycles. The summed E-state index contributed by atoms with van der Waals surface area (Å²) < 4.78 is 14.7. The summed E-state index contributed by atoms with van der Waals surface area (Å²) in [5.41, 5.74) is 0. The Morgan fingerprint density at radius 3 is 2.35 bits per heavy atom. The first-order valence-corrected chi connectivity index (χ1v) is 6.74. The summed E-state index contributed by atoms with van der Waals surface area (Å²) in [4.78, 5) is 32.1. The Kier molecular flexibility index (Phi) is 9.38. The number of esters is 2. The van der Waals surface area contributed by atoms with E-state index in [-0.39, 0.29) is 19.5 Å². The Morgan fingerprint density at radius 2 is 1.90 bits per heavy atom. The van der Waals surface area contributed by atoms with Crippen molar-refractivity contribution in [3.63, 3.8) is 0 Å². The molecule has 3 atom stereocenters.